The number of rotatable bonds is 3. The van der Waals surface area contributed by atoms with Crippen molar-refractivity contribution in [3.8, 4) is 6.07 Å². The fourth-order valence-electron chi connectivity index (χ4n) is 1.31. The number of alkyl halides is 3. The summed E-state index contributed by atoms with van der Waals surface area (Å²) >= 11 is 0. The Hall–Kier alpha value is -0.394. The molecule has 0 aliphatic carbocycles. The van der Waals surface area contributed by atoms with Gasteiger partial charge in [-0.25, -0.2) is 0 Å². The van der Waals surface area contributed by atoms with Crippen molar-refractivity contribution in [3.63, 3.8) is 0 Å². The number of carboxylic acids is 1. The molecule has 0 spiro atoms. The van der Waals surface area contributed by atoms with Crippen molar-refractivity contribution >= 4 is 5.97 Å². The Kier molecular flexibility index (Phi) is 7.10. The number of nitriles is 1. The van der Waals surface area contributed by atoms with Crippen molar-refractivity contribution in [1.82, 2.24) is 0 Å². The van der Waals surface area contributed by atoms with Gasteiger partial charge in [0, 0.05) is 12.4 Å². The Balaban J connectivity index is 0.00000289. The van der Waals surface area contributed by atoms with Crippen LogP contribution in [0.25, 0.3) is 0 Å². The van der Waals surface area contributed by atoms with Gasteiger partial charge in [-0.1, -0.05) is 12.1 Å². The van der Waals surface area contributed by atoms with Gasteiger partial charge in [0.25, 0.3) is 0 Å². The minimum Gasteiger partial charge on any atom is -0.550 e. The van der Waals surface area contributed by atoms with Gasteiger partial charge in [0.15, 0.2) is 0 Å². The molecule has 7 heteroatoms. The zero-order chi connectivity index (χ0) is 13.1. The summed E-state index contributed by atoms with van der Waals surface area (Å²) in [7, 11) is 0. The van der Waals surface area contributed by atoms with E-state index in [1.165, 1.54) is 0 Å². The predicted octanol–water partition coefficient (Wildman–Crippen LogP) is -1.54. The number of carbonyl (C=O) groups is 1. The first-order chi connectivity index (χ1) is 7.84. The second-order valence-electron chi connectivity index (χ2n) is 3.38. The minimum atomic E-state index is -4.45. The molecule has 0 radical (unpaired) electrons. The van der Waals surface area contributed by atoms with E-state index in [0.717, 1.165) is 24.3 Å². The van der Waals surface area contributed by atoms with Crippen LogP contribution in [0.3, 0.4) is 0 Å². The summed E-state index contributed by atoms with van der Waals surface area (Å²) < 4.78 is 36.7. The fraction of sp³-hybridized carbons (Fsp3) is 0.273. The number of carboxylic acid groups (broad SMARTS) is 1. The van der Waals surface area contributed by atoms with Crippen LogP contribution in [-0.2, 0) is 11.0 Å². The van der Waals surface area contributed by atoms with E-state index in [-0.39, 0.29) is 56.9 Å². The van der Waals surface area contributed by atoms with E-state index in [1.807, 2.05) is 0 Å². The summed E-state index contributed by atoms with van der Waals surface area (Å²) in [6, 6.07) is 5.53. The summed E-state index contributed by atoms with van der Waals surface area (Å²) in [6.45, 7) is 0. The number of benzene rings is 1. The van der Waals surface area contributed by atoms with Crippen LogP contribution in [0, 0.1) is 11.3 Å². The van der Waals surface area contributed by atoms with Gasteiger partial charge in [-0.2, -0.15) is 18.4 Å². The fourth-order valence-corrected chi connectivity index (χ4v) is 1.31. The van der Waals surface area contributed by atoms with Crippen molar-refractivity contribution in [1.29, 1.82) is 5.26 Å². The van der Waals surface area contributed by atoms with Crippen molar-refractivity contribution in [2.75, 3.05) is 0 Å². The van der Waals surface area contributed by atoms with E-state index in [4.69, 9.17) is 5.26 Å². The van der Waals surface area contributed by atoms with Gasteiger partial charge in [-0.15, -0.1) is 0 Å². The molecule has 0 aliphatic rings. The quantitative estimate of drug-likeness (QED) is 0.631. The summed E-state index contributed by atoms with van der Waals surface area (Å²) in [5, 5.41) is 19.0. The maximum atomic E-state index is 12.2. The smallest absolute Gasteiger partial charge is 0.550 e. The molecule has 0 saturated carbocycles. The van der Waals surface area contributed by atoms with Gasteiger partial charge in [-0.05, 0) is 17.7 Å². The third kappa shape index (κ3) is 5.08. The van der Waals surface area contributed by atoms with Crippen molar-refractivity contribution < 1.29 is 74.5 Å². The average Bonchev–Trinajstić information content (AvgIpc) is 2.24. The number of aliphatic carboxylic acids is 1. The second-order valence-corrected chi connectivity index (χ2v) is 3.38. The number of nitrogens with zero attached hydrogens (tertiary/aromatic N) is 1. The molecule has 0 heterocycles. The maximum absolute atomic E-state index is 12.2. The normalized spacial score (nSPS) is 12.1. The van der Waals surface area contributed by atoms with Gasteiger partial charge in [-0.3, -0.25) is 0 Å². The molecular formula is C11H7F3KNO2. The largest absolute Gasteiger partial charge is 1.00 e. The Bertz CT molecular complexity index is 451. The molecule has 0 bridgehead atoms. The molecule has 1 atom stereocenters. The molecule has 0 aliphatic heterocycles. The van der Waals surface area contributed by atoms with E-state index in [0.29, 0.717) is 0 Å². The summed E-state index contributed by atoms with van der Waals surface area (Å²) in [5.74, 6) is -2.42. The van der Waals surface area contributed by atoms with E-state index in [2.05, 4.69) is 0 Å². The molecule has 1 aromatic carbocycles. The van der Waals surface area contributed by atoms with E-state index >= 15 is 0 Å². The first-order valence-corrected chi connectivity index (χ1v) is 4.61. The third-order valence-corrected chi connectivity index (χ3v) is 2.17. The van der Waals surface area contributed by atoms with Crippen molar-refractivity contribution in [3.05, 3.63) is 35.4 Å². The van der Waals surface area contributed by atoms with Crippen molar-refractivity contribution in [2.24, 2.45) is 0 Å². The SMILES string of the molecule is N#CC(CC(=O)[O-])c1ccc(C(F)(F)F)cc1.[K+]. The van der Waals surface area contributed by atoms with Crippen LogP contribution in [0.15, 0.2) is 24.3 Å². The molecule has 18 heavy (non-hydrogen) atoms. The van der Waals surface area contributed by atoms with E-state index in [1.54, 1.807) is 6.07 Å². The number of hydrogen-bond donors (Lipinski definition) is 0. The molecule has 1 aromatic rings. The Morgan fingerprint density at radius 3 is 2.17 bits per heavy atom. The maximum Gasteiger partial charge on any atom is 1.00 e. The third-order valence-electron chi connectivity index (χ3n) is 2.17. The van der Waals surface area contributed by atoms with Crippen molar-refractivity contribution in [2.45, 2.75) is 18.5 Å². The van der Waals surface area contributed by atoms with Crippen LogP contribution in [0.4, 0.5) is 13.2 Å². The molecule has 90 valence electrons. The van der Waals surface area contributed by atoms with Crippen LogP contribution >= 0.6 is 0 Å². The molecule has 0 N–H and O–H groups in total. The Morgan fingerprint density at radius 1 is 1.33 bits per heavy atom. The minimum absolute atomic E-state index is 0. The molecule has 1 rings (SSSR count). The number of carbonyl (C=O) groups excluding carboxylic acids is 1. The predicted molar refractivity (Wildman–Crippen MR) is 49.4 cm³/mol. The van der Waals surface area contributed by atoms with E-state index in [9.17, 15) is 23.1 Å². The molecule has 0 saturated heterocycles. The number of halogens is 3. The number of hydrogen-bond acceptors (Lipinski definition) is 3. The zero-order valence-electron chi connectivity index (χ0n) is 9.49. The standard InChI is InChI=1S/C11H8F3NO2.K/c12-11(13,14)9-3-1-7(2-4-9)8(6-15)5-10(16)17;/h1-4,8H,5H2,(H,16,17);/q;+1/p-1. The molecule has 0 aromatic heterocycles. The summed E-state index contributed by atoms with van der Waals surface area (Å²) in [4.78, 5) is 10.3. The van der Waals surface area contributed by atoms with Crippen LogP contribution in [0.5, 0.6) is 0 Å². The molecule has 1 unspecified atom stereocenters. The van der Waals surface area contributed by atoms with Crippen LogP contribution in [0.2, 0.25) is 0 Å². The monoisotopic (exact) mass is 281 g/mol. The molecular weight excluding hydrogens is 274 g/mol. The zero-order valence-corrected chi connectivity index (χ0v) is 12.6. The first-order valence-electron chi connectivity index (χ1n) is 4.61. The van der Waals surface area contributed by atoms with Crippen LogP contribution in [-0.4, -0.2) is 5.97 Å². The second kappa shape index (κ2) is 7.26. The molecule has 0 amide bonds. The van der Waals surface area contributed by atoms with Crippen LogP contribution in [0.1, 0.15) is 23.5 Å². The molecule has 3 nitrogen and oxygen atoms in total. The topological polar surface area (TPSA) is 63.9 Å². The van der Waals surface area contributed by atoms with Gasteiger partial charge < -0.3 is 9.90 Å². The van der Waals surface area contributed by atoms with Gasteiger partial charge in [0.2, 0.25) is 0 Å². The molecule has 0 fully saturated rings. The Labute approximate surface area is 144 Å². The van der Waals surface area contributed by atoms with E-state index < -0.39 is 30.0 Å². The van der Waals surface area contributed by atoms with Gasteiger partial charge >= 0.3 is 57.6 Å². The van der Waals surface area contributed by atoms with Gasteiger partial charge in [0.05, 0.1) is 17.6 Å². The van der Waals surface area contributed by atoms with Crippen LogP contribution < -0.4 is 56.5 Å². The summed E-state index contributed by atoms with van der Waals surface area (Å²) in [5.41, 5.74) is -0.615. The first kappa shape index (κ1) is 17.6. The average molecular weight is 281 g/mol. The van der Waals surface area contributed by atoms with Gasteiger partial charge in [0.1, 0.15) is 0 Å². The Morgan fingerprint density at radius 2 is 1.83 bits per heavy atom. The summed E-state index contributed by atoms with van der Waals surface area (Å²) in [6.07, 6.45) is -4.99.